The Kier molecular flexibility index (Phi) is 7.45. The molecule has 0 aromatic heterocycles. The molecule has 0 saturated heterocycles. The summed E-state index contributed by atoms with van der Waals surface area (Å²) in [5, 5.41) is 0. The number of hydrogen-bond acceptors (Lipinski definition) is 3. The van der Waals surface area contributed by atoms with Gasteiger partial charge in [-0.15, -0.1) is 0 Å². The van der Waals surface area contributed by atoms with Crippen LogP contribution < -0.4 is 14.2 Å². The highest BCUT2D eigenvalue weighted by molar-refractivity contribution is 5.35. The van der Waals surface area contributed by atoms with Gasteiger partial charge >= 0.3 is 0 Å². The van der Waals surface area contributed by atoms with Gasteiger partial charge in [-0.3, -0.25) is 0 Å². The first-order valence-electron chi connectivity index (χ1n) is 10.3. The summed E-state index contributed by atoms with van der Waals surface area (Å²) in [5.74, 6) is -4.28. The van der Waals surface area contributed by atoms with E-state index in [-0.39, 0.29) is 48.9 Å². The van der Waals surface area contributed by atoms with Crippen molar-refractivity contribution in [3.63, 3.8) is 0 Å². The van der Waals surface area contributed by atoms with Crippen LogP contribution in [0.1, 0.15) is 51.0 Å². The molecule has 1 fully saturated rings. The van der Waals surface area contributed by atoms with Crippen molar-refractivity contribution in [2.24, 2.45) is 5.92 Å². The minimum atomic E-state index is -1.07. The molecular weight excluding hydrogens is 400 g/mol. The molecule has 0 N–H and O–H groups in total. The zero-order chi connectivity index (χ0) is 21.7. The van der Waals surface area contributed by atoms with Crippen LogP contribution in [0.5, 0.6) is 17.2 Å². The first-order valence-corrected chi connectivity index (χ1v) is 10.3. The van der Waals surface area contributed by atoms with Crippen LogP contribution in [0.3, 0.4) is 0 Å². The van der Waals surface area contributed by atoms with Crippen molar-refractivity contribution >= 4 is 0 Å². The van der Waals surface area contributed by atoms with Crippen LogP contribution in [-0.4, -0.2) is 19.8 Å². The molecule has 0 spiro atoms. The molecule has 1 aliphatic carbocycles. The normalized spacial score (nSPS) is 18.9. The average molecular weight is 426 g/mol. The van der Waals surface area contributed by atoms with Gasteiger partial charge in [-0.2, -0.15) is 13.2 Å². The lowest BCUT2D eigenvalue weighted by Crippen LogP contribution is -2.20. The molecule has 0 bridgehead atoms. The first kappa shape index (κ1) is 22.2. The van der Waals surface area contributed by atoms with Crippen molar-refractivity contribution in [1.82, 2.24) is 0 Å². The van der Waals surface area contributed by atoms with Gasteiger partial charge in [0.2, 0.25) is 17.5 Å². The van der Waals surface area contributed by atoms with Crippen LogP contribution in [0.25, 0.3) is 0 Å². The van der Waals surface area contributed by atoms with E-state index in [2.05, 4.69) is 0 Å². The second-order valence-electron chi connectivity index (χ2n) is 7.37. The van der Waals surface area contributed by atoms with E-state index < -0.39 is 23.3 Å². The zero-order valence-electron chi connectivity index (χ0n) is 17.2. The predicted octanol–water partition coefficient (Wildman–Crippen LogP) is 6.39. The van der Waals surface area contributed by atoms with E-state index in [1.165, 1.54) is 18.2 Å². The van der Waals surface area contributed by atoms with Crippen LogP contribution in [0.4, 0.5) is 17.6 Å². The quantitative estimate of drug-likeness (QED) is 0.458. The Hall–Kier alpha value is -2.44. The Morgan fingerprint density at radius 1 is 0.667 bits per heavy atom. The summed E-state index contributed by atoms with van der Waals surface area (Å²) in [6.07, 6.45) is 2.77. The maximum atomic E-state index is 14.4. The van der Waals surface area contributed by atoms with Crippen molar-refractivity contribution in [3.8, 4) is 17.2 Å². The second kappa shape index (κ2) is 10.0. The highest BCUT2D eigenvalue weighted by atomic mass is 19.2. The van der Waals surface area contributed by atoms with Crippen molar-refractivity contribution in [2.45, 2.75) is 45.4 Å². The van der Waals surface area contributed by atoms with Gasteiger partial charge in [0.25, 0.3) is 0 Å². The molecule has 1 aliphatic rings. The maximum Gasteiger partial charge on any atom is 0.204 e. The van der Waals surface area contributed by atoms with Crippen LogP contribution in [0.2, 0.25) is 0 Å². The molecule has 30 heavy (non-hydrogen) atoms. The molecule has 3 nitrogen and oxygen atoms in total. The van der Waals surface area contributed by atoms with Gasteiger partial charge in [0, 0.05) is 0 Å². The zero-order valence-corrected chi connectivity index (χ0v) is 17.2. The van der Waals surface area contributed by atoms with Crippen LogP contribution in [0, 0.1) is 29.2 Å². The Balaban J connectivity index is 1.57. The third-order valence-electron chi connectivity index (χ3n) is 5.45. The summed E-state index contributed by atoms with van der Waals surface area (Å²) in [6.45, 7) is 4.13. The van der Waals surface area contributed by atoms with Gasteiger partial charge in [-0.1, -0.05) is 6.07 Å². The molecular formula is C23H26F4O3. The maximum absolute atomic E-state index is 14.4. The van der Waals surface area contributed by atoms with Gasteiger partial charge in [0.15, 0.2) is 23.1 Å². The third kappa shape index (κ3) is 4.82. The summed E-state index contributed by atoms with van der Waals surface area (Å²) < 4.78 is 72.3. The molecule has 1 saturated carbocycles. The molecule has 0 unspecified atom stereocenters. The smallest absolute Gasteiger partial charge is 0.204 e. The standard InChI is InChI=1S/C23H26F4O3/c1-3-28-17-10-9-16(20(24)21(17)25)15-7-5-14(6-8-15)13-30-19-12-11-18(29-4-2)22(26)23(19)27/h9-12,14-15H,3-8,13H2,1-2H3. The molecule has 0 radical (unpaired) electrons. The fraction of sp³-hybridized carbons (Fsp3) is 0.478. The summed E-state index contributed by atoms with van der Waals surface area (Å²) in [6, 6.07) is 5.75. The minimum Gasteiger partial charge on any atom is -0.491 e. The molecule has 0 aliphatic heterocycles. The van der Waals surface area contributed by atoms with E-state index in [0.29, 0.717) is 18.4 Å². The highest BCUT2D eigenvalue weighted by Gasteiger charge is 2.27. The third-order valence-corrected chi connectivity index (χ3v) is 5.45. The van der Waals surface area contributed by atoms with E-state index >= 15 is 0 Å². The summed E-state index contributed by atoms with van der Waals surface area (Å²) in [7, 11) is 0. The predicted molar refractivity (Wildman–Crippen MR) is 105 cm³/mol. The highest BCUT2D eigenvalue weighted by Crippen LogP contribution is 2.39. The fourth-order valence-electron chi connectivity index (χ4n) is 3.87. The summed E-state index contributed by atoms with van der Waals surface area (Å²) in [4.78, 5) is 0. The Labute approximate surface area is 173 Å². The van der Waals surface area contributed by atoms with E-state index in [9.17, 15) is 17.6 Å². The van der Waals surface area contributed by atoms with E-state index in [1.54, 1.807) is 19.9 Å². The Bertz CT molecular complexity index is 864. The lowest BCUT2D eigenvalue weighted by Gasteiger charge is -2.29. The van der Waals surface area contributed by atoms with Crippen molar-refractivity contribution in [2.75, 3.05) is 19.8 Å². The van der Waals surface area contributed by atoms with E-state index in [1.807, 2.05) is 0 Å². The minimum absolute atomic E-state index is 0.0783. The fourth-order valence-corrected chi connectivity index (χ4v) is 3.87. The molecule has 0 amide bonds. The van der Waals surface area contributed by atoms with Gasteiger partial charge in [-0.25, -0.2) is 4.39 Å². The van der Waals surface area contributed by atoms with Gasteiger partial charge < -0.3 is 14.2 Å². The summed E-state index contributed by atoms with van der Waals surface area (Å²) >= 11 is 0. The molecule has 2 aromatic rings. The molecule has 7 heteroatoms. The van der Waals surface area contributed by atoms with Crippen LogP contribution >= 0.6 is 0 Å². The SMILES string of the molecule is CCOc1ccc(OCC2CCC(c3ccc(OCC)c(F)c3F)CC2)c(F)c1F. The monoisotopic (exact) mass is 426 g/mol. The van der Waals surface area contributed by atoms with Crippen molar-refractivity contribution in [1.29, 1.82) is 0 Å². The number of halogens is 4. The molecule has 164 valence electrons. The average Bonchev–Trinajstić information content (AvgIpc) is 2.75. The Morgan fingerprint density at radius 3 is 1.67 bits per heavy atom. The Morgan fingerprint density at radius 2 is 1.13 bits per heavy atom. The lowest BCUT2D eigenvalue weighted by atomic mass is 9.79. The van der Waals surface area contributed by atoms with Crippen molar-refractivity contribution < 1.29 is 31.8 Å². The number of ether oxygens (including phenoxy) is 3. The van der Waals surface area contributed by atoms with E-state index in [4.69, 9.17) is 14.2 Å². The molecule has 0 heterocycles. The van der Waals surface area contributed by atoms with E-state index in [0.717, 1.165) is 12.8 Å². The lowest BCUT2D eigenvalue weighted by molar-refractivity contribution is 0.190. The number of hydrogen-bond donors (Lipinski definition) is 0. The number of rotatable bonds is 8. The molecule has 0 atom stereocenters. The summed E-state index contributed by atoms with van der Waals surface area (Å²) in [5.41, 5.74) is 0.356. The largest absolute Gasteiger partial charge is 0.491 e. The molecule has 2 aromatic carbocycles. The molecule has 3 rings (SSSR count). The van der Waals surface area contributed by atoms with Gasteiger partial charge in [0.1, 0.15) is 0 Å². The topological polar surface area (TPSA) is 27.7 Å². The van der Waals surface area contributed by atoms with Crippen LogP contribution in [0.15, 0.2) is 24.3 Å². The van der Waals surface area contributed by atoms with Crippen molar-refractivity contribution in [3.05, 3.63) is 53.1 Å². The number of benzene rings is 2. The van der Waals surface area contributed by atoms with Crippen LogP contribution in [-0.2, 0) is 0 Å². The van der Waals surface area contributed by atoms with Gasteiger partial charge in [-0.05, 0) is 75.1 Å². The second-order valence-corrected chi connectivity index (χ2v) is 7.37. The van der Waals surface area contributed by atoms with Gasteiger partial charge in [0.05, 0.1) is 19.8 Å². The first-order chi connectivity index (χ1) is 14.5.